The predicted octanol–water partition coefficient (Wildman–Crippen LogP) is 1.59. The maximum atomic E-state index is 10.7. The van der Waals surface area contributed by atoms with Crippen LogP contribution in [0.1, 0.15) is 13.8 Å². The minimum Gasteiger partial charge on any atom is -0.324 e. The quantitative estimate of drug-likeness (QED) is 0.504. The molecule has 1 heterocycles. The van der Waals surface area contributed by atoms with E-state index in [9.17, 15) is 9.59 Å². The number of hydrogen-bond acceptors (Lipinski definition) is 2. The highest BCUT2D eigenvalue weighted by molar-refractivity contribution is 6.63. The number of imide groups is 1. The number of urea groups is 1. The maximum absolute atomic E-state index is 10.7. The van der Waals surface area contributed by atoms with E-state index in [1.165, 1.54) is 0 Å². The molecule has 2 N–H and O–H groups in total. The van der Waals surface area contributed by atoms with Crippen LogP contribution in [0.4, 0.5) is 4.79 Å². The summed E-state index contributed by atoms with van der Waals surface area (Å²) in [7, 11) is 0. The monoisotopic (exact) mass is 246 g/mol. The third-order valence-electron chi connectivity index (χ3n) is 1.22. The molecule has 0 saturated carbocycles. The number of nitrogens with one attached hydrogen (secondary N) is 2. The van der Waals surface area contributed by atoms with Crippen LogP contribution < -0.4 is 10.6 Å². The zero-order valence-corrected chi connectivity index (χ0v) is 9.30. The summed E-state index contributed by atoms with van der Waals surface area (Å²) in [5.41, 5.74) is -0.725. The molecule has 0 aromatic carbocycles. The zero-order valence-electron chi connectivity index (χ0n) is 7.03. The number of hydrogen-bond donors (Lipinski definition) is 2. The molecule has 0 spiro atoms. The van der Waals surface area contributed by atoms with Crippen molar-refractivity contribution in [3.8, 4) is 0 Å². The normalized spacial score (nSPS) is 18.9. The lowest BCUT2D eigenvalue weighted by molar-refractivity contribution is -0.122. The van der Waals surface area contributed by atoms with Gasteiger partial charge in [0.2, 0.25) is 0 Å². The molecule has 0 atom stereocenters. The van der Waals surface area contributed by atoms with Gasteiger partial charge in [0, 0.05) is 0 Å². The molecule has 0 radical (unpaired) electrons. The van der Waals surface area contributed by atoms with Crippen LogP contribution in [0, 0.1) is 0 Å². The van der Waals surface area contributed by atoms with Gasteiger partial charge in [-0.15, -0.1) is 0 Å². The summed E-state index contributed by atoms with van der Waals surface area (Å²) in [6.07, 6.45) is 0. The lowest BCUT2D eigenvalue weighted by Crippen LogP contribution is -2.39. The van der Waals surface area contributed by atoms with Gasteiger partial charge in [0.1, 0.15) is 5.54 Å². The van der Waals surface area contributed by atoms with Crippen LogP contribution >= 0.6 is 34.8 Å². The minimum absolute atomic E-state index is 0.271. The number of carbonyl (C=O) groups excluding carboxylic acids is 2. The summed E-state index contributed by atoms with van der Waals surface area (Å²) in [4.78, 5) is 21.1. The Kier molecular flexibility index (Phi) is 4.81. The van der Waals surface area contributed by atoms with Crippen LogP contribution in [0.3, 0.4) is 0 Å². The number of alkyl halides is 3. The van der Waals surface area contributed by atoms with Gasteiger partial charge in [0.05, 0.1) is 0 Å². The minimum atomic E-state index is -0.750. The average molecular weight is 248 g/mol. The van der Waals surface area contributed by atoms with Crippen LogP contribution in [0.25, 0.3) is 0 Å². The van der Waals surface area contributed by atoms with E-state index in [1.807, 2.05) is 0 Å². The average Bonchev–Trinajstić information content (AvgIpc) is 2.02. The van der Waals surface area contributed by atoms with E-state index in [0.717, 1.165) is 0 Å². The fraction of sp³-hybridized carbons (Fsp3) is 0.667. The van der Waals surface area contributed by atoms with Crippen molar-refractivity contribution in [2.24, 2.45) is 0 Å². The molecule has 3 amide bonds. The first-order valence-electron chi connectivity index (χ1n) is 3.31. The summed E-state index contributed by atoms with van der Waals surface area (Å²) in [6.45, 7) is 3.29. The summed E-state index contributed by atoms with van der Waals surface area (Å²) >= 11 is 14.4. The first-order chi connectivity index (χ1) is 5.75. The molecular formula is C6H9Cl3N2O2. The number of carbonyl (C=O) groups is 2. The molecular weight excluding hydrogens is 238 g/mol. The second kappa shape index (κ2) is 4.88. The Bertz CT molecular complexity index is 215. The van der Waals surface area contributed by atoms with E-state index in [4.69, 9.17) is 34.8 Å². The molecule has 76 valence electrons. The van der Waals surface area contributed by atoms with Crippen LogP contribution in [0.2, 0.25) is 0 Å². The Balaban J connectivity index is 0.000000310. The Morgan fingerprint density at radius 1 is 1.23 bits per heavy atom. The predicted molar refractivity (Wildman–Crippen MR) is 52.1 cm³/mol. The molecule has 1 saturated heterocycles. The van der Waals surface area contributed by atoms with Gasteiger partial charge < -0.3 is 5.32 Å². The number of amides is 3. The van der Waals surface area contributed by atoms with Crippen molar-refractivity contribution in [3.05, 3.63) is 0 Å². The van der Waals surface area contributed by atoms with Gasteiger partial charge in [-0.05, 0) is 13.8 Å². The fourth-order valence-electron chi connectivity index (χ4n) is 0.631. The van der Waals surface area contributed by atoms with Crippen molar-refractivity contribution in [1.82, 2.24) is 10.6 Å². The first kappa shape index (κ1) is 12.8. The summed E-state index contributed by atoms with van der Waals surface area (Å²) < 4.78 is -0.750. The van der Waals surface area contributed by atoms with Crippen molar-refractivity contribution in [1.29, 1.82) is 0 Å². The van der Waals surface area contributed by atoms with Crippen molar-refractivity contribution >= 4 is 46.7 Å². The van der Waals surface area contributed by atoms with E-state index < -0.39 is 15.9 Å². The summed E-state index contributed by atoms with van der Waals surface area (Å²) in [5, 5.41) is 4.56. The molecule has 1 aliphatic rings. The molecule has 4 nitrogen and oxygen atoms in total. The van der Waals surface area contributed by atoms with Gasteiger partial charge in [0.15, 0.2) is 4.30 Å². The molecule has 1 fully saturated rings. The second-order valence-electron chi connectivity index (χ2n) is 2.78. The Morgan fingerprint density at radius 3 is 1.69 bits per heavy atom. The van der Waals surface area contributed by atoms with Crippen molar-refractivity contribution < 1.29 is 9.59 Å². The van der Waals surface area contributed by atoms with Crippen LogP contribution in [0.15, 0.2) is 0 Å². The fourth-order valence-corrected chi connectivity index (χ4v) is 0.631. The third kappa shape index (κ3) is 5.18. The molecule has 13 heavy (non-hydrogen) atoms. The van der Waals surface area contributed by atoms with E-state index >= 15 is 0 Å². The largest absolute Gasteiger partial charge is 0.324 e. The molecule has 0 unspecified atom stereocenters. The summed E-state index contributed by atoms with van der Waals surface area (Å²) in [6, 6.07) is -0.412. The molecule has 7 heteroatoms. The van der Waals surface area contributed by atoms with Crippen LogP contribution in [-0.4, -0.2) is 21.8 Å². The molecule has 0 aromatic heterocycles. The highest BCUT2D eigenvalue weighted by Gasteiger charge is 2.36. The van der Waals surface area contributed by atoms with Crippen LogP contribution in [-0.2, 0) is 4.79 Å². The van der Waals surface area contributed by atoms with E-state index in [2.05, 4.69) is 10.6 Å². The van der Waals surface area contributed by atoms with E-state index in [0.29, 0.717) is 0 Å². The van der Waals surface area contributed by atoms with Crippen molar-refractivity contribution in [3.63, 3.8) is 0 Å². The Hall–Kier alpha value is -0.190. The molecule has 1 rings (SSSR count). The topological polar surface area (TPSA) is 58.2 Å². The third-order valence-corrected chi connectivity index (χ3v) is 1.22. The van der Waals surface area contributed by atoms with Gasteiger partial charge in [-0.25, -0.2) is 4.79 Å². The highest BCUT2D eigenvalue weighted by atomic mass is 35.6. The first-order valence-corrected chi connectivity index (χ1v) is 4.62. The van der Waals surface area contributed by atoms with Gasteiger partial charge in [-0.1, -0.05) is 34.8 Å². The number of rotatable bonds is 0. The Labute approximate surface area is 90.9 Å². The molecule has 0 aromatic rings. The van der Waals surface area contributed by atoms with Gasteiger partial charge >= 0.3 is 6.03 Å². The smallest absolute Gasteiger partial charge is 0.322 e. The molecule has 0 bridgehead atoms. The van der Waals surface area contributed by atoms with Gasteiger partial charge in [-0.3, -0.25) is 10.1 Å². The second-order valence-corrected chi connectivity index (χ2v) is 4.76. The maximum Gasteiger partial charge on any atom is 0.322 e. The van der Waals surface area contributed by atoms with E-state index in [-0.39, 0.29) is 5.91 Å². The Morgan fingerprint density at radius 2 is 1.62 bits per heavy atom. The van der Waals surface area contributed by atoms with Crippen LogP contribution in [0.5, 0.6) is 0 Å². The van der Waals surface area contributed by atoms with Crippen molar-refractivity contribution in [2.75, 3.05) is 0 Å². The summed E-state index contributed by atoms with van der Waals surface area (Å²) in [5.74, 6) is -0.271. The molecule has 0 aliphatic carbocycles. The van der Waals surface area contributed by atoms with Crippen molar-refractivity contribution in [2.45, 2.75) is 23.7 Å². The number of halogens is 3. The lowest BCUT2D eigenvalue weighted by Gasteiger charge is -2.11. The van der Waals surface area contributed by atoms with E-state index in [1.54, 1.807) is 13.8 Å². The molecule has 1 aliphatic heterocycles. The standard InChI is InChI=1S/C5H8N2O2.CHCl3/c1-5(2)3(8)6-4(9)7-5;2-1(3)4/h1-2H3,(H2,6,7,8,9);1H. The van der Waals surface area contributed by atoms with Gasteiger partial charge in [0.25, 0.3) is 5.91 Å². The SMILES string of the molecule is CC1(C)NC(=O)NC1=O.ClC(Cl)Cl. The lowest BCUT2D eigenvalue weighted by atomic mass is 10.1. The zero-order chi connectivity index (χ0) is 10.6. The van der Waals surface area contributed by atoms with Gasteiger partial charge in [-0.2, -0.15) is 0 Å². The highest BCUT2D eigenvalue weighted by Crippen LogP contribution is 2.06.